The average molecular weight is 261 g/mol. The van der Waals surface area contributed by atoms with Crippen LogP contribution in [0.3, 0.4) is 0 Å². The van der Waals surface area contributed by atoms with Crippen molar-refractivity contribution in [1.29, 1.82) is 0 Å². The van der Waals surface area contributed by atoms with E-state index in [9.17, 15) is 9.59 Å². The molecule has 0 saturated heterocycles. The minimum absolute atomic E-state index is 0.0665. The van der Waals surface area contributed by atoms with Gasteiger partial charge in [0.25, 0.3) is 0 Å². The third kappa shape index (κ3) is 2.73. The zero-order valence-electron chi connectivity index (χ0n) is 10.8. The Morgan fingerprint density at radius 3 is 2.79 bits per heavy atom. The quantitative estimate of drug-likeness (QED) is 0.867. The Hall–Kier alpha value is -2.37. The van der Waals surface area contributed by atoms with Crippen LogP contribution >= 0.6 is 0 Å². The molecule has 0 spiro atoms. The van der Waals surface area contributed by atoms with Crippen molar-refractivity contribution in [3.05, 3.63) is 30.1 Å². The lowest BCUT2D eigenvalue weighted by Gasteiger charge is -2.09. The summed E-state index contributed by atoms with van der Waals surface area (Å²) in [6, 6.07) is 4.95. The van der Waals surface area contributed by atoms with Crippen molar-refractivity contribution >= 4 is 22.9 Å². The molecule has 1 amide bonds. The predicted molar refractivity (Wildman–Crippen MR) is 70.0 cm³/mol. The number of para-hydroxylation sites is 1. The van der Waals surface area contributed by atoms with Crippen LogP contribution in [0, 0.1) is 0 Å². The van der Waals surface area contributed by atoms with Gasteiger partial charge in [0.1, 0.15) is 12.1 Å². The summed E-state index contributed by atoms with van der Waals surface area (Å²) in [7, 11) is 0. The number of hydrogen-bond acceptors (Lipinski definition) is 3. The number of rotatable bonds is 4. The first-order chi connectivity index (χ1) is 8.99. The largest absolute Gasteiger partial charge is 0.478 e. The standard InChI is InChI=1S/C13H15N3O3/c1-8(2)15-11(17)6-16-7-14-12-9(13(18)19)4-3-5-10(12)16/h3-5,7-8H,6H2,1-2H3,(H,15,17)(H,18,19). The van der Waals surface area contributed by atoms with E-state index in [1.165, 1.54) is 12.4 Å². The summed E-state index contributed by atoms with van der Waals surface area (Å²) in [6.07, 6.45) is 1.48. The fourth-order valence-corrected chi connectivity index (χ4v) is 1.91. The molecule has 0 fully saturated rings. The van der Waals surface area contributed by atoms with Crippen LogP contribution < -0.4 is 5.32 Å². The highest BCUT2D eigenvalue weighted by Gasteiger charge is 2.13. The van der Waals surface area contributed by atoms with Crippen LogP contribution in [-0.2, 0) is 11.3 Å². The number of hydrogen-bond donors (Lipinski definition) is 2. The van der Waals surface area contributed by atoms with Gasteiger partial charge in [-0.2, -0.15) is 0 Å². The molecule has 1 aromatic carbocycles. The van der Waals surface area contributed by atoms with Gasteiger partial charge in [0.15, 0.2) is 0 Å². The average Bonchev–Trinajstić information content (AvgIpc) is 2.71. The van der Waals surface area contributed by atoms with E-state index in [1.807, 2.05) is 13.8 Å². The van der Waals surface area contributed by atoms with E-state index in [0.29, 0.717) is 11.0 Å². The Balaban J connectivity index is 2.33. The van der Waals surface area contributed by atoms with Gasteiger partial charge in [0, 0.05) is 6.04 Å². The van der Waals surface area contributed by atoms with Gasteiger partial charge in [0.2, 0.25) is 5.91 Å². The van der Waals surface area contributed by atoms with E-state index in [-0.39, 0.29) is 24.1 Å². The third-order valence-electron chi connectivity index (χ3n) is 2.64. The van der Waals surface area contributed by atoms with Crippen LogP contribution in [0.4, 0.5) is 0 Å². The second-order valence-electron chi connectivity index (χ2n) is 4.57. The smallest absolute Gasteiger partial charge is 0.337 e. The molecule has 6 nitrogen and oxygen atoms in total. The van der Waals surface area contributed by atoms with Gasteiger partial charge in [-0.1, -0.05) is 6.07 Å². The molecule has 0 radical (unpaired) electrons. The summed E-state index contributed by atoms with van der Waals surface area (Å²) in [5.74, 6) is -1.16. The van der Waals surface area contributed by atoms with Crippen LogP contribution in [0.15, 0.2) is 24.5 Å². The Bertz CT molecular complexity index is 631. The van der Waals surface area contributed by atoms with Gasteiger partial charge < -0.3 is 15.0 Å². The van der Waals surface area contributed by atoms with Gasteiger partial charge in [-0.05, 0) is 26.0 Å². The zero-order valence-corrected chi connectivity index (χ0v) is 10.8. The number of carboxylic acid groups (broad SMARTS) is 1. The number of carboxylic acids is 1. The third-order valence-corrected chi connectivity index (χ3v) is 2.64. The van der Waals surface area contributed by atoms with E-state index in [2.05, 4.69) is 10.3 Å². The predicted octanol–water partition coefficient (Wildman–Crippen LogP) is 1.26. The fraction of sp³-hybridized carbons (Fsp3) is 0.308. The summed E-state index contributed by atoms with van der Waals surface area (Å²) in [5, 5.41) is 11.8. The highest BCUT2D eigenvalue weighted by Crippen LogP contribution is 2.17. The van der Waals surface area contributed by atoms with Crippen molar-refractivity contribution < 1.29 is 14.7 Å². The van der Waals surface area contributed by atoms with Gasteiger partial charge in [0.05, 0.1) is 17.4 Å². The first-order valence-corrected chi connectivity index (χ1v) is 5.95. The summed E-state index contributed by atoms with van der Waals surface area (Å²) < 4.78 is 1.64. The zero-order chi connectivity index (χ0) is 14.0. The molecule has 2 rings (SSSR count). The monoisotopic (exact) mass is 261 g/mol. The van der Waals surface area contributed by atoms with Crippen molar-refractivity contribution in [3.8, 4) is 0 Å². The first-order valence-electron chi connectivity index (χ1n) is 5.95. The Kier molecular flexibility index (Phi) is 3.50. The van der Waals surface area contributed by atoms with Gasteiger partial charge >= 0.3 is 5.97 Å². The maximum atomic E-state index is 11.7. The topological polar surface area (TPSA) is 84.2 Å². The summed E-state index contributed by atoms with van der Waals surface area (Å²) in [4.78, 5) is 26.8. The number of nitrogens with one attached hydrogen (secondary N) is 1. The molecule has 6 heteroatoms. The number of nitrogens with zero attached hydrogens (tertiary/aromatic N) is 2. The van der Waals surface area contributed by atoms with E-state index >= 15 is 0 Å². The van der Waals surface area contributed by atoms with E-state index in [0.717, 1.165) is 0 Å². The second-order valence-corrected chi connectivity index (χ2v) is 4.57. The van der Waals surface area contributed by atoms with Gasteiger partial charge in [-0.15, -0.1) is 0 Å². The van der Waals surface area contributed by atoms with E-state index < -0.39 is 5.97 Å². The molecule has 1 heterocycles. The summed E-state index contributed by atoms with van der Waals surface area (Å²) in [5.41, 5.74) is 1.17. The Labute approximate surface area is 110 Å². The van der Waals surface area contributed by atoms with Crippen molar-refractivity contribution in [3.63, 3.8) is 0 Å². The minimum atomic E-state index is -1.03. The van der Waals surface area contributed by atoms with E-state index in [1.54, 1.807) is 16.7 Å². The van der Waals surface area contributed by atoms with Crippen molar-refractivity contribution in [2.24, 2.45) is 0 Å². The first kappa shape index (κ1) is 13.1. The van der Waals surface area contributed by atoms with Crippen molar-refractivity contribution in [1.82, 2.24) is 14.9 Å². The number of fused-ring (bicyclic) bond motifs is 1. The normalized spacial score (nSPS) is 10.9. The minimum Gasteiger partial charge on any atom is -0.478 e. The number of carbonyl (C=O) groups excluding carboxylic acids is 1. The molecule has 0 saturated carbocycles. The number of carbonyl (C=O) groups is 2. The summed E-state index contributed by atoms with van der Waals surface area (Å²) in [6.45, 7) is 3.89. The van der Waals surface area contributed by atoms with Crippen LogP contribution in [0.1, 0.15) is 24.2 Å². The molecule has 1 aromatic heterocycles. The van der Waals surface area contributed by atoms with Crippen molar-refractivity contribution in [2.75, 3.05) is 0 Å². The highest BCUT2D eigenvalue weighted by molar-refractivity contribution is 6.01. The molecular weight excluding hydrogens is 246 g/mol. The molecule has 19 heavy (non-hydrogen) atoms. The molecule has 0 atom stereocenters. The van der Waals surface area contributed by atoms with Crippen LogP contribution in [0.2, 0.25) is 0 Å². The maximum Gasteiger partial charge on any atom is 0.337 e. The summed E-state index contributed by atoms with van der Waals surface area (Å²) >= 11 is 0. The maximum absolute atomic E-state index is 11.7. The number of benzene rings is 1. The van der Waals surface area contributed by atoms with Crippen LogP contribution in [-0.4, -0.2) is 32.6 Å². The second kappa shape index (κ2) is 5.09. The Morgan fingerprint density at radius 1 is 1.42 bits per heavy atom. The number of imidazole rings is 1. The van der Waals surface area contributed by atoms with Crippen LogP contribution in [0.25, 0.3) is 11.0 Å². The molecule has 0 aliphatic carbocycles. The molecule has 100 valence electrons. The molecular formula is C13H15N3O3. The molecule has 0 aliphatic rings. The molecule has 0 aliphatic heterocycles. The number of aromatic carboxylic acids is 1. The number of amides is 1. The lowest BCUT2D eigenvalue weighted by Crippen LogP contribution is -2.32. The SMILES string of the molecule is CC(C)NC(=O)Cn1cnc2c(C(=O)O)cccc21. The molecule has 2 aromatic rings. The molecule has 2 N–H and O–H groups in total. The number of aromatic nitrogens is 2. The molecule has 0 unspecified atom stereocenters. The molecule has 0 bridgehead atoms. The van der Waals surface area contributed by atoms with Crippen molar-refractivity contribution in [2.45, 2.75) is 26.4 Å². The lowest BCUT2D eigenvalue weighted by atomic mass is 10.2. The van der Waals surface area contributed by atoms with E-state index in [4.69, 9.17) is 5.11 Å². The fourth-order valence-electron chi connectivity index (χ4n) is 1.91. The van der Waals surface area contributed by atoms with Crippen LogP contribution in [0.5, 0.6) is 0 Å². The Morgan fingerprint density at radius 2 is 2.16 bits per heavy atom. The van der Waals surface area contributed by atoms with Gasteiger partial charge in [-0.25, -0.2) is 9.78 Å². The van der Waals surface area contributed by atoms with Gasteiger partial charge in [-0.3, -0.25) is 4.79 Å². The lowest BCUT2D eigenvalue weighted by molar-refractivity contribution is -0.122. The highest BCUT2D eigenvalue weighted by atomic mass is 16.4.